The Morgan fingerprint density at radius 2 is 1.61 bits per heavy atom. The highest BCUT2D eigenvalue weighted by Crippen LogP contribution is 2.64. The minimum absolute atomic E-state index is 0.0518. The van der Waals surface area contributed by atoms with E-state index in [1.807, 2.05) is 12.1 Å². The van der Waals surface area contributed by atoms with Gasteiger partial charge in [0.05, 0.1) is 29.6 Å². The molecule has 2 saturated carbocycles. The quantitative estimate of drug-likeness (QED) is 0.0457. The summed E-state index contributed by atoms with van der Waals surface area (Å²) in [5.41, 5.74) is -8.69. The third-order valence-corrected chi connectivity index (χ3v) is 16.2. The van der Waals surface area contributed by atoms with E-state index >= 15 is 9.59 Å². The van der Waals surface area contributed by atoms with Crippen LogP contribution in [-0.4, -0.2) is 129 Å². The lowest BCUT2D eigenvalue weighted by atomic mass is 9.44. The molecular formula is C51H60N2O16S2. The van der Waals surface area contributed by atoms with Gasteiger partial charge in [-0.05, 0) is 86.4 Å². The molecule has 1 saturated heterocycles. The number of fused-ring (bicyclic) bond motifs is 5. The van der Waals surface area contributed by atoms with Crippen LogP contribution < -0.4 is 5.32 Å². The summed E-state index contributed by atoms with van der Waals surface area (Å²) in [6.07, 6.45) is -11.6. The summed E-state index contributed by atoms with van der Waals surface area (Å²) in [5.74, 6) is -5.26. The van der Waals surface area contributed by atoms with E-state index in [4.69, 9.17) is 33.2 Å². The Morgan fingerprint density at radius 1 is 0.944 bits per heavy atom. The summed E-state index contributed by atoms with van der Waals surface area (Å²) in [5, 5.41) is 41.6. The van der Waals surface area contributed by atoms with Gasteiger partial charge in [-0.3, -0.25) is 9.59 Å². The Bertz CT molecular complexity index is 2510. The molecule has 2 aromatic carbocycles. The van der Waals surface area contributed by atoms with Crippen molar-refractivity contribution in [2.75, 3.05) is 19.0 Å². The molecule has 1 amide bonds. The number of ether oxygens (including phenoxy) is 7. The molecular weight excluding hydrogens is 961 g/mol. The maximum atomic E-state index is 15.2. The molecule has 7 rings (SSSR count). The van der Waals surface area contributed by atoms with E-state index in [0.717, 1.165) is 11.9 Å². The van der Waals surface area contributed by atoms with Crippen molar-refractivity contribution in [2.24, 2.45) is 16.7 Å². The number of aliphatic hydroxyl groups excluding tert-OH is 2. The first-order chi connectivity index (χ1) is 33.4. The van der Waals surface area contributed by atoms with Crippen molar-refractivity contribution in [1.82, 2.24) is 10.3 Å². The highest BCUT2D eigenvalue weighted by atomic mass is 33.1. The maximum Gasteiger partial charge on any atom is 0.509 e. The summed E-state index contributed by atoms with van der Waals surface area (Å²) in [4.78, 5) is 89.0. The fourth-order valence-corrected chi connectivity index (χ4v) is 12.2. The largest absolute Gasteiger partial charge is 0.509 e. The van der Waals surface area contributed by atoms with Crippen LogP contribution in [0, 0.1) is 16.7 Å². The number of nitrogens with one attached hydrogen (secondary N) is 1. The number of hydrogen-bond donors (Lipinski definition) is 4. The summed E-state index contributed by atoms with van der Waals surface area (Å²) in [6.45, 7) is 11.5. The predicted molar refractivity (Wildman–Crippen MR) is 256 cm³/mol. The summed E-state index contributed by atoms with van der Waals surface area (Å²) >= 11 is 0. The molecule has 4 N–H and O–H groups in total. The predicted octanol–water partition coefficient (Wildman–Crippen LogP) is 6.26. The average Bonchev–Trinajstić information content (AvgIpc) is 3.31. The smallest absolute Gasteiger partial charge is 0.455 e. The van der Waals surface area contributed by atoms with Gasteiger partial charge in [0.25, 0.3) is 0 Å². The van der Waals surface area contributed by atoms with Crippen molar-refractivity contribution in [3.8, 4) is 0 Å². The van der Waals surface area contributed by atoms with Gasteiger partial charge in [-0.1, -0.05) is 79.2 Å². The molecule has 1 aromatic heterocycles. The van der Waals surface area contributed by atoms with Crippen LogP contribution in [0.2, 0.25) is 0 Å². The Hall–Kier alpha value is -5.51. The second-order valence-electron chi connectivity index (χ2n) is 19.8. The Labute approximate surface area is 419 Å². The molecule has 0 spiro atoms. The van der Waals surface area contributed by atoms with E-state index in [2.05, 4.69) is 10.3 Å². The van der Waals surface area contributed by atoms with Crippen LogP contribution in [0.1, 0.15) is 90.2 Å². The first kappa shape index (κ1) is 53.3. The molecule has 3 fully saturated rings. The minimum atomic E-state index is -2.44. The van der Waals surface area contributed by atoms with Gasteiger partial charge in [-0.2, -0.15) is 0 Å². The first-order valence-corrected chi connectivity index (χ1v) is 25.5. The number of pyridine rings is 1. The third-order valence-electron chi connectivity index (χ3n) is 13.9. The van der Waals surface area contributed by atoms with E-state index in [0.29, 0.717) is 0 Å². The molecule has 3 aliphatic carbocycles. The number of Topliss-reactive ketones (excluding diaryl/α,β-unsaturated/α-hetero) is 1. The lowest BCUT2D eigenvalue weighted by molar-refractivity contribution is -0.346. The highest BCUT2D eigenvalue weighted by molar-refractivity contribution is 8.76. The highest BCUT2D eigenvalue weighted by Gasteiger charge is 2.78. The van der Waals surface area contributed by atoms with Gasteiger partial charge in [-0.25, -0.2) is 24.2 Å². The monoisotopic (exact) mass is 1020 g/mol. The van der Waals surface area contributed by atoms with Crippen LogP contribution in [0.3, 0.4) is 0 Å². The number of aromatic nitrogens is 1. The van der Waals surface area contributed by atoms with Crippen molar-refractivity contribution < 1.29 is 77.2 Å². The molecule has 3 aromatic rings. The molecule has 11 atom stereocenters. The van der Waals surface area contributed by atoms with Crippen molar-refractivity contribution in [2.45, 2.75) is 133 Å². The van der Waals surface area contributed by atoms with Gasteiger partial charge in [0.2, 0.25) is 6.10 Å². The number of rotatable bonds is 14. The molecule has 4 aliphatic rings. The standard InChI is InChI=1S/C51H60N2O16S2/c1-28-32(65-44(59)39(66-46(61)63-23-24-70-71-35-21-15-16-22-52-35)37(30-17-11-9-12-18-30)53-45(60)69-47(3,4)5)26-51(62)42(67-43(58)31-19-13-10-14-20-31)40-49(8,41(57)38(56)36(28)48(51,6)7)33(55)25-34-50(40,27-64-34)68-29(2)54/h9-22,32-34,37-40,42,55-56,62H,23-27H2,1-8H3,(H,53,60)/t32-,33-,34+,37-,38+,39+,40-,42-,49+,50-,51+/m0/s1. The Kier molecular flexibility index (Phi) is 15.7. The van der Waals surface area contributed by atoms with Crippen LogP contribution in [0.4, 0.5) is 9.59 Å². The van der Waals surface area contributed by atoms with Gasteiger partial charge in [-0.15, -0.1) is 0 Å². The Balaban J connectivity index is 1.31. The van der Waals surface area contributed by atoms with Gasteiger partial charge in [0.15, 0.2) is 11.4 Å². The van der Waals surface area contributed by atoms with Crippen molar-refractivity contribution in [3.05, 3.63) is 107 Å². The second-order valence-corrected chi connectivity index (χ2v) is 22.3. The SMILES string of the molecule is CC(=O)O[C@@]12CO[C@@H]1C[C@H](O)[C@@]1(C)C(=O)[C@H](O)C3=C(C)[C@@H](OC(=O)[C@H](OC(=O)OCCSSc4ccccn4)[C@@H](NC(=O)OC(C)(C)C)c4ccccc4)C[C@@](O)([C@@H](OC(=O)c4ccccc4)[C@H]21)C3(C)C. The number of benzene rings is 2. The summed E-state index contributed by atoms with van der Waals surface area (Å²) in [7, 11) is 2.70. The van der Waals surface area contributed by atoms with E-state index < -0.39 is 119 Å². The number of alkyl carbamates (subject to hydrolysis) is 1. The zero-order chi connectivity index (χ0) is 51.7. The molecule has 382 valence electrons. The molecule has 2 bridgehead atoms. The fourth-order valence-electron chi connectivity index (χ4n) is 10.5. The molecule has 18 nitrogen and oxygen atoms in total. The van der Waals surface area contributed by atoms with Crippen molar-refractivity contribution >= 4 is 57.5 Å². The Morgan fingerprint density at radius 3 is 2.21 bits per heavy atom. The molecule has 20 heteroatoms. The van der Waals surface area contributed by atoms with E-state index in [1.165, 1.54) is 61.4 Å². The van der Waals surface area contributed by atoms with Crippen LogP contribution in [0.25, 0.3) is 0 Å². The number of ketones is 1. The molecule has 71 heavy (non-hydrogen) atoms. The molecule has 1 aliphatic heterocycles. The molecule has 2 heterocycles. The number of amides is 1. The number of hydrogen-bond acceptors (Lipinski definition) is 19. The van der Waals surface area contributed by atoms with Crippen LogP contribution >= 0.6 is 21.6 Å². The number of carbonyl (C=O) groups is 6. The van der Waals surface area contributed by atoms with Crippen molar-refractivity contribution in [3.63, 3.8) is 0 Å². The number of nitrogens with zero attached hydrogens (tertiary/aromatic N) is 1. The normalized spacial score (nSPS) is 29.5. The lowest BCUT2D eigenvalue weighted by Crippen LogP contribution is -2.81. The van der Waals surface area contributed by atoms with Crippen LogP contribution in [0.5, 0.6) is 0 Å². The average molecular weight is 1020 g/mol. The number of esters is 3. The minimum Gasteiger partial charge on any atom is -0.455 e. The van der Waals surface area contributed by atoms with Gasteiger partial charge < -0.3 is 53.8 Å². The summed E-state index contributed by atoms with van der Waals surface area (Å²) in [6, 6.07) is 19.8. The number of aliphatic hydroxyl groups is 3. The maximum absolute atomic E-state index is 15.2. The molecule has 0 unspecified atom stereocenters. The van der Waals surface area contributed by atoms with Crippen LogP contribution in [-0.2, 0) is 47.5 Å². The van der Waals surface area contributed by atoms with Gasteiger partial charge >= 0.3 is 30.2 Å². The van der Waals surface area contributed by atoms with Gasteiger partial charge in [0.1, 0.15) is 53.3 Å². The zero-order valence-electron chi connectivity index (χ0n) is 40.6. The molecule has 0 radical (unpaired) electrons. The van der Waals surface area contributed by atoms with E-state index in [9.17, 15) is 34.5 Å². The van der Waals surface area contributed by atoms with E-state index in [1.54, 1.807) is 81.6 Å². The zero-order valence-corrected chi connectivity index (χ0v) is 42.3. The van der Waals surface area contributed by atoms with Crippen LogP contribution in [0.15, 0.2) is 101 Å². The third kappa shape index (κ3) is 10.6. The number of carbonyl (C=O) groups excluding carboxylic acids is 6. The first-order valence-electron chi connectivity index (χ1n) is 23.1. The lowest BCUT2D eigenvalue weighted by Gasteiger charge is -2.67. The topological polar surface area (TPSA) is 253 Å². The van der Waals surface area contributed by atoms with Gasteiger partial charge in [0, 0.05) is 37.1 Å². The fraction of sp³-hybridized carbons (Fsp3) is 0.510. The second kappa shape index (κ2) is 20.9. The summed E-state index contributed by atoms with van der Waals surface area (Å²) < 4.78 is 41.4. The van der Waals surface area contributed by atoms with E-state index in [-0.39, 0.29) is 47.7 Å². The van der Waals surface area contributed by atoms with Crippen molar-refractivity contribution in [1.29, 1.82) is 0 Å².